The van der Waals surface area contributed by atoms with Crippen LogP contribution in [-0.2, 0) is 15.5 Å². The molecule has 9 heteroatoms. The molecule has 0 saturated carbocycles. The molecule has 0 spiro atoms. The van der Waals surface area contributed by atoms with Crippen molar-refractivity contribution in [1.82, 2.24) is 0 Å². The van der Waals surface area contributed by atoms with E-state index in [9.17, 15) is 26.0 Å². The molecule has 1 aromatic rings. The third kappa shape index (κ3) is 3.67. The average molecular weight is 365 g/mol. The molecule has 0 amide bonds. The number of hydrogen-bond donors (Lipinski definition) is 1. The largest absolute Gasteiger partial charge is 0.399 e. The van der Waals surface area contributed by atoms with Crippen LogP contribution >= 0.6 is 15.9 Å². The Balaban J connectivity index is 3.49. The van der Waals surface area contributed by atoms with Crippen molar-refractivity contribution in [2.45, 2.75) is 18.5 Å². The quantitative estimate of drug-likeness (QED) is 0.661. The lowest BCUT2D eigenvalue weighted by Gasteiger charge is -2.31. The van der Waals surface area contributed by atoms with Crippen molar-refractivity contribution in [1.29, 1.82) is 0 Å². The summed E-state index contributed by atoms with van der Waals surface area (Å²) < 4.78 is 83.2. The first-order chi connectivity index (χ1) is 8.37. The zero-order valence-electron chi connectivity index (χ0n) is 9.50. The van der Waals surface area contributed by atoms with Gasteiger partial charge in [-0.05, 0) is 19.1 Å². The van der Waals surface area contributed by atoms with Crippen LogP contribution in [0.15, 0.2) is 22.7 Å². The molecule has 0 radical (unpaired) electrons. The van der Waals surface area contributed by atoms with E-state index in [-0.39, 0.29) is 4.47 Å². The molecule has 0 aromatic heterocycles. The molecule has 0 fully saturated rings. The summed E-state index contributed by atoms with van der Waals surface area (Å²) in [6, 6.07) is 2.79. The number of hydrogen-bond acceptors (Lipinski definition) is 2. The lowest BCUT2D eigenvalue weighted by atomic mass is 9.83. The lowest BCUT2D eigenvalue weighted by Crippen LogP contribution is -2.45. The first-order valence-corrected chi connectivity index (χ1v) is 7.24. The fraction of sp³-hybridized carbons (Fsp3) is 0.400. The lowest BCUT2D eigenvalue weighted by molar-refractivity contribution is -0.180. The van der Waals surface area contributed by atoms with Gasteiger partial charge in [0.05, 0.1) is 5.75 Å². The van der Waals surface area contributed by atoms with Crippen molar-refractivity contribution < 1.29 is 30.5 Å². The van der Waals surface area contributed by atoms with E-state index in [1.165, 1.54) is 0 Å². The van der Waals surface area contributed by atoms with Crippen LogP contribution in [0.4, 0.5) is 17.6 Å². The van der Waals surface area contributed by atoms with E-state index in [0.29, 0.717) is 6.92 Å². The van der Waals surface area contributed by atoms with E-state index in [1.54, 1.807) is 0 Å². The van der Waals surface area contributed by atoms with E-state index in [0.717, 1.165) is 18.2 Å². The van der Waals surface area contributed by atoms with E-state index >= 15 is 0 Å². The average Bonchev–Trinajstić information content (AvgIpc) is 2.11. The molecule has 3 nitrogen and oxygen atoms in total. The fourth-order valence-corrected chi connectivity index (χ4v) is 3.00. The van der Waals surface area contributed by atoms with E-state index in [1.807, 2.05) is 0 Å². The molecule has 0 heterocycles. The van der Waals surface area contributed by atoms with Gasteiger partial charge in [-0.1, -0.05) is 22.0 Å². The minimum Gasteiger partial charge on any atom is -0.286 e. The summed E-state index contributed by atoms with van der Waals surface area (Å²) in [6.45, 7) is 0.521. The molecule has 0 saturated heterocycles. The van der Waals surface area contributed by atoms with Gasteiger partial charge in [0.25, 0.3) is 10.1 Å². The highest BCUT2D eigenvalue weighted by Crippen LogP contribution is 2.43. The summed E-state index contributed by atoms with van der Waals surface area (Å²) in [5, 5.41) is 0. The maximum absolute atomic E-state index is 13.6. The molecular weight excluding hydrogens is 356 g/mol. The molecule has 0 aliphatic rings. The molecule has 0 aliphatic carbocycles. The highest BCUT2D eigenvalue weighted by atomic mass is 79.9. The maximum atomic E-state index is 13.6. The van der Waals surface area contributed by atoms with Gasteiger partial charge in [-0.3, -0.25) is 4.55 Å². The third-order valence-electron chi connectivity index (χ3n) is 2.62. The van der Waals surface area contributed by atoms with Crippen LogP contribution in [0.5, 0.6) is 0 Å². The molecule has 108 valence electrons. The molecule has 19 heavy (non-hydrogen) atoms. The molecule has 1 atom stereocenters. The highest BCUT2D eigenvalue weighted by Gasteiger charge is 2.55. The fourth-order valence-electron chi connectivity index (χ4n) is 1.61. The van der Waals surface area contributed by atoms with Crippen molar-refractivity contribution in [3.8, 4) is 0 Å². The molecule has 1 N–H and O–H groups in total. The number of rotatable bonds is 3. The summed E-state index contributed by atoms with van der Waals surface area (Å²) in [7, 11) is -4.94. The normalized spacial score (nSPS) is 16.2. The second-order valence-corrected chi connectivity index (χ2v) is 6.55. The molecule has 1 aromatic carbocycles. The Labute approximate surface area is 115 Å². The van der Waals surface area contributed by atoms with Crippen LogP contribution in [-0.4, -0.2) is 24.9 Å². The highest BCUT2D eigenvalue weighted by molar-refractivity contribution is 9.10. The zero-order valence-corrected chi connectivity index (χ0v) is 11.9. The van der Waals surface area contributed by atoms with Crippen LogP contribution in [0.1, 0.15) is 12.5 Å². The predicted octanol–water partition coefficient (Wildman–Crippen LogP) is 3.30. The third-order valence-corrected chi connectivity index (χ3v) is 4.06. The zero-order chi connectivity index (χ0) is 15.1. The molecule has 1 rings (SSSR count). The summed E-state index contributed by atoms with van der Waals surface area (Å²) in [5.74, 6) is -2.86. The van der Waals surface area contributed by atoms with Gasteiger partial charge in [0.1, 0.15) is 11.2 Å². The van der Waals surface area contributed by atoms with E-state index in [2.05, 4.69) is 15.9 Å². The Morgan fingerprint density at radius 2 is 1.84 bits per heavy atom. The predicted molar refractivity (Wildman–Crippen MR) is 63.9 cm³/mol. The molecule has 1 unspecified atom stereocenters. The summed E-state index contributed by atoms with van der Waals surface area (Å²) in [5.41, 5.74) is -3.88. The van der Waals surface area contributed by atoms with Gasteiger partial charge in [-0.2, -0.15) is 21.6 Å². The number of halogens is 5. The first kappa shape index (κ1) is 16.4. The van der Waals surface area contributed by atoms with Crippen molar-refractivity contribution in [2.75, 3.05) is 5.75 Å². The van der Waals surface area contributed by atoms with Gasteiger partial charge in [-0.25, -0.2) is 4.39 Å². The Morgan fingerprint density at radius 3 is 2.21 bits per heavy atom. The van der Waals surface area contributed by atoms with Gasteiger partial charge in [-0.15, -0.1) is 0 Å². The van der Waals surface area contributed by atoms with Gasteiger partial charge >= 0.3 is 6.18 Å². The van der Waals surface area contributed by atoms with Crippen LogP contribution in [0, 0.1) is 5.82 Å². The minimum absolute atomic E-state index is 0.213. The number of benzene rings is 1. The second kappa shape index (κ2) is 5.02. The van der Waals surface area contributed by atoms with Crippen LogP contribution in [0.2, 0.25) is 0 Å². The molecular formula is C10H9BrF4O3S. The van der Waals surface area contributed by atoms with Crippen LogP contribution in [0.25, 0.3) is 0 Å². The Hall–Kier alpha value is -0.670. The van der Waals surface area contributed by atoms with Crippen LogP contribution < -0.4 is 0 Å². The molecule has 0 aliphatic heterocycles. The van der Waals surface area contributed by atoms with Crippen LogP contribution in [0.3, 0.4) is 0 Å². The Morgan fingerprint density at radius 1 is 1.32 bits per heavy atom. The maximum Gasteiger partial charge on any atom is 0.399 e. The summed E-state index contributed by atoms with van der Waals surface area (Å²) in [4.78, 5) is 0. The SMILES string of the molecule is CC(CS(=O)(=O)O)(c1ccc(Br)cc1F)C(F)(F)F. The Bertz CT molecular complexity index is 585. The van der Waals surface area contributed by atoms with E-state index < -0.39 is 38.8 Å². The van der Waals surface area contributed by atoms with Crippen molar-refractivity contribution >= 4 is 26.0 Å². The Kier molecular flexibility index (Phi) is 4.33. The minimum atomic E-state index is -5.04. The second-order valence-electron chi connectivity index (χ2n) is 4.18. The van der Waals surface area contributed by atoms with Crippen molar-refractivity contribution in [3.05, 3.63) is 34.1 Å². The van der Waals surface area contributed by atoms with Gasteiger partial charge < -0.3 is 0 Å². The van der Waals surface area contributed by atoms with E-state index in [4.69, 9.17) is 4.55 Å². The first-order valence-electron chi connectivity index (χ1n) is 4.84. The number of alkyl halides is 3. The summed E-state index contributed by atoms with van der Waals surface area (Å²) in [6.07, 6.45) is -5.04. The summed E-state index contributed by atoms with van der Waals surface area (Å²) >= 11 is 2.89. The monoisotopic (exact) mass is 364 g/mol. The standard InChI is InChI=1S/C10H9BrF4O3S/c1-9(10(13,14)15,5-19(16,17)18)7-3-2-6(11)4-8(7)12/h2-4H,5H2,1H3,(H,16,17,18). The van der Waals surface area contributed by atoms with Gasteiger partial charge in [0.15, 0.2) is 0 Å². The topological polar surface area (TPSA) is 54.4 Å². The molecule has 0 bridgehead atoms. The van der Waals surface area contributed by atoms with Gasteiger partial charge in [0, 0.05) is 10.0 Å². The van der Waals surface area contributed by atoms with Crippen molar-refractivity contribution in [2.24, 2.45) is 0 Å². The smallest absolute Gasteiger partial charge is 0.286 e. The van der Waals surface area contributed by atoms with Gasteiger partial charge in [0.2, 0.25) is 0 Å². The van der Waals surface area contributed by atoms with Crippen molar-refractivity contribution in [3.63, 3.8) is 0 Å².